The highest BCUT2D eigenvalue weighted by Crippen LogP contribution is 2.20. The van der Waals surface area contributed by atoms with Gasteiger partial charge in [-0.3, -0.25) is 9.59 Å². The van der Waals surface area contributed by atoms with Crippen molar-refractivity contribution in [2.45, 2.75) is 45.3 Å². The van der Waals surface area contributed by atoms with Crippen molar-refractivity contribution in [3.63, 3.8) is 0 Å². The van der Waals surface area contributed by atoms with Gasteiger partial charge in [-0.05, 0) is 51.7 Å². The molecule has 0 saturated carbocycles. The van der Waals surface area contributed by atoms with E-state index in [9.17, 15) is 14.7 Å². The summed E-state index contributed by atoms with van der Waals surface area (Å²) >= 11 is 0. The molecule has 1 unspecified atom stereocenters. The van der Waals surface area contributed by atoms with Crippen LogP contribution in [-0.2, 0) is 9.53 Å². The zero-order valence-corrected chi connectivity index (χ0v) is 16.4. The predicted octanol–water partition coefficient (Wildman–Crippen LogP) is 1.41. The van der Waals surface area contributed by atoms with Crippen LogP contribution in [0.4, 0.5) is 0 Å². The third kappa shape index (κ3) is 6.42. The van der Waals surface area contributed by atoms with Gasteiger partial charge in [0.05, 0.1) is 6.61 Å². The molecule has 0 aliphatic carbocycles. The monoisotopic (exact) mass is 376 g/mol. The standard InChI is InChI=1S/C20H28N2O5/c1-14(13-26-4)21-18(23)15-8-11-22(12-9-15)19(24)17-6-5-16(27-17)7-10-20(2,3)25/h5-6,14-15,25H,8-9,11-13H2,1-4H3,(H,21,23). The Bertz CT molecular complexity index is 715. The predicted molar refractivity (Wildman–Crippen MR) is 100.0 cm³/mol. The third-order valence-corrected chi connectivity index (χ3v) is 4.27. The summed E-state index contributed by atoms with van der Waals surface area (Å²) in [7, 11) is 1.60. The Hall–Kier alpha value is -2.30. The maximum atomic E-state index is 12.6. The van der Waals surface area contributed by atoms with Crippen LogP contribution in [0, 0.1) is 17.8 Å². The fourth-order valence-corrected chi connectivity index (χ4v) is 2.89. The van der Waals surface area contributed by atoms with Gasteiger partial charge < -0.3 is 24.5 Å². The number of carbonyl (C=O) groups is 2. The van der Waals surface area contributed by atoms with E-state index >= 15 is 0 Å². The van der Waals surface area contributed by atoms with Crippen LogP contribution in [0.2, 0.25) is 0 Å². The molecule has 0 spiro atoms. The molecule has 2 heterocycles. The first-order chi connectivity index (χ1) is 12.7. The first-order valence-corrected chi connectivity index (χ1v) is 9.13. The van der Waals surface area contributed by atoms with Crippen LogP contribution in [0.3, 0.4) is 0 Å². The summed E-state index contributed by atoms with van der Waals surface area (Å²) in [6.45, 7) is 6.52. The molecule has 148 valence electrons. The molecule has 0 bridgehead atoms. The Morgan fingerprint density at radius 1 is 1.41 bits per heavy atom. The number of ether oxygens (including phenoxy) is 1. The summed E-state index contributed by atoms with van der Waals surface area (Å²) in [5.74, 6) is 5.61. The molecule has 1 saturated heterocycles. The second-order valence-corrected chi connectivity index (χ2v) is 7.40. The molecule has 1 aromatic heterocycles. The van der Waals surface area contributed by atoms with E-state index in [0.717, 1.165) is 0 Å². The summed E-state index contributed by atoms with van der Waals surface area (Å²) in [5, 5.41) is 12.6. The van der Waals surface area contributed by atoms with Crippen molar-refractivity contribution in [2.24, 2.45) is 5.92 Å². The number of nitrogens with zero attached hydrogens (tertiary/aromatic N) is 1. The first-order valence-electron chi connectivity index (χ1n) is 9.13. The third-order valence-electron chi connectivity index (χ3n) is 4.27. The summed E-state index contributed by atoms with van der Waals surface area (Å²) in [4.78, 5) is 26.5. The average Bonchev–Trinajstić information content (AvgIpc) is 3.08. The Labute approximate surface area is 160 Å². The SMILES string of the molecule is COCC(C)NC(=O)C1CCN(C(=O)c2ccc(C#CC(C)(C)O)o2)CC1. The van der Waals surface area contributed by atoms with Crippen molar-refractivity contribution in [1.29, 1.82) is 0 Å². The largest absolute Gasteiger partial charge is 0.443 e. The summed E-state index contributed by atoms with van der Waals surface area (Å²) in [6.07, 6.45) is 1.23. The van der Waals surface area contributed by atoms with Gasteiger partial charge >= 0.3 is 0 Å². The van der Waals surface area contributed by atoms with Crippen LogP contribution in [0.25, 0.3) is 0 Å². The summed E-state index contributed by atoms with van der Waals surface area (Å²) in [5.41, 5.74) is -1.12. The number of methoxy groups -OCH3 is 1. The molecule has 1 aliphatic rings. The maximum Gasteiger partial charge on any atom is 0.289 e. The number of piperidine rings is 1. The molecule has 2 N–H and O–H groups in total. The molecule has 7 nitrogen and oxygen atoms in total. The molecule has 2 rings (SSSR count). The lowest BCUT2D eigenvalue weighted by Gasteiger charge is -2.31. The maximum absolute atomic E-state index is 12.6. The van der Waals surface area contributed by atoms with Gasteiger partial charge in [-0.15, -0.1) is 0 Å². The molecule has 0 aromatic carbocycles. The molecule has 0 radical (unpaired) electrons. The van der Waals surface area contributed by atoms with E-state index in [1.165, 1.54) is 0 Å². The van der Waals surface area contributed by atoms with E-state index in [2.05, 4.69) is 17.2 Å². The number of rotatable bonds is 5. The topological polar surface area (TPSA) is 92.0 Å². The van der Waals surface area contributed by atoms with Crippen molar-refractivity contribution in [3.8, 4) is 11.8 Å². The number of amides is 2. The highest BCUT2D eigenvalue weighted by molar-refractivity contribution is 5.92. The molecule has 1 atom stereocenters. The smallest absolute Gasteiger partial charge is 0.289 e. The van der Waals surface area contributed by atoms with Gasteiger partial charge in [0.15, 0.2) is 11.5 Å². The number of furan rings is 1. The van der Waals surface area contributed by atoms with Gasteiger partial charge in [-0.25, -0.2) is 0 Å². The summed E-state index contributed by atoms with van der Waals surface area (Å²) < 4.78 is 10.5. The Morgan fingerprint density at radius 3 is 2.67 bits per heavy atom. The number of likely N-dealkylation sites (tertiary alicyclic amines) is 1. The first kappa shape index (κ1) is 21.0. The quantitative estimate of drug-likeness (QED) is 0.758. The highest BCUT2D eigenvalue weighted by Gasteiger charge is 2.29. The fourth-order valence-electron chi connectivity index (χ4n) is 2.89. The molecule has 2 amide bonds. The molecule has 1 aromatic rings. The van der Waals surface area contributed by atoms with Crippen molar-refractivity contribution in [1.82, 2.24) is 10.2 Å². The average molecular weight is 376 g/mol. The fraction of sp³-hybridized carbons (Fsp3) is 0.600. The number of hydrogen-bond donors (Lipinski definition) is 2. The second kappa shape index (κ2) is 9.07. The Kier molecular flexibility index (Phi) is 7.05. The van der Waals surface area contributed by atoms with Crippen LogP contribution in [0.15, 0.2) is 16.5 Å². The minimum absolute atomic E-state index is 0.00817. The van der Waals surface area contributed by atoms with Crippen LogP contribution in [0.1, 0.15) is 49.9 Å². The number of hydrogen-bond acceptors (Lipinski definition) is 5. The highest BCUT2D eigenvalue weighted by atomic mass is 16.5. The summed E-state index contributed by atoms with van der Waals surface area (Å²) in [6, 6.07) is 3.17. The van der Waals surface area contributed by atoms with Crippen molar-refractivity contribution in [3.05, 3.63) is 23.7 Å². The number of aliphatic hydroxyl groups is 1. The van der Waals surface area contributed by atoms with Crippen molar-refractivity contribution >= 4 is 11.8 Å². The van der Waals surface area contributed by atoms with Crippen molar-refractivity contribution < 1.29 is 23.8 Å². The molecule has 1 aliphatic heterocycles. The Morgan fingerprint density at radius 2 is 2.07 bits per heavy atom. The second-order valence-electron chi connectivity index (χ2n) is 7.40. The lowest BCUT2D eigenvalue weighted by atomic mass is 9.95. The van der Waals surface area contributed by atoms with Gasteiger partial charge in [0.2, 0.25) is 5.91 Å². The van der Waals surface area contributed by atoms with Gasteiger partial charge in [0.1, 0.15) is 5.60 Å². The number of carbonyl (C=O) groups excluding carboxylic acids is 2. The molecular weight excluding hydrogens is 348 g/mol. The lowest BCUT2D eigenvalue weighted by Crippen LogP contribution is -2.45. The van der Waals surface area contributed by atoms with E-state index in [1.807, 2.05) is 6.92 Å². The van der Waals surface area contributed by atoms with Crippen LogP contribution < -0.4 is 5.32 Å². The van der Waals surface area contributed by atoms with E-state index < -0.39 is 5.60 Å². The Balaban J connectivity index is 1.88. The van der Waals surface area contributed by atoms with Gasteiger partial charge in [-0.2, -0.15) is 0 Å². The molecular formula is C20H28N2O5. The van der Waals surface area contributed by atoms with Crippen LogP contribution in [0.5, 0.6) is 0 Å². The molecule has 7 heteroatoms. The minimum atomic E-state index is -1.12. The van der Waals surface area contributed by atoms with Gasteiger partial charge in [0, 0.05) is 32.2 Å². The van der Waals surface area contributed by atoms with Gasteiger partial charge in [0.25, 0.3) is 5.91 Å². The zero-order valence-electron chi connectivity index (χ0n) is 16.4. The minimum Gasteiger partial charge on any atom is -0.443 e. The normalized spacial score (nSPS) is 16.4. The van der Waals surface area contributed by atoms with Gasteiger partial charge in [-0.1, -0.05) is 5.92 Å². The molecule has 27 heavy (non-hydrogen) atoms. The lowest BCUT2D eigenvalue weighted by molar-refractivity contribution is -0.127. The van der Waals surface area contributed by atoms with E-state index in [0.29, 0.717) is 38.3 Å². The van der Waals surface area contributed by atoms with Crippen LogP contribution in [-0.4, -0.2) is 60.3 Å². The van der Waals surface area contributed by atoms with E-state index in [1.54, 1.807) is 38.0 Å². The van der Waals surface area contributed by atoms with E-state index in [-0.39, 0.29) is 29.5 Å². The van der Waals surface area contributed by atoms with Crippen molar-refractivity contribution in [2.75, 3.05) is 26.8 Å². The number of nitrogens with one attached hydrogen (secondary N) is 1. The zero-order chi connectivity index (χ0) is 20.0. The molecule has 1 fully saturated rings. The van der Waals surface area contributed by atoms with Crippen LogP contribution >= 0.6 is 0 Å². The van der Waals surface area contributed by atoms with E-state index in [4.69, 9.17) is 9.15 Å².